The van der Waals surface area contributed by atoms with Gasteiger partial charge in [-0.05, 0) is 42.3 Å². The molecule has 2 aromatic carbocycles. The van der Waals surface area contributed by atoms with Gasteiger partial charge >= 0.3 is 0 Å². The Morgan fingerprint density at radius 2 is 1.95 bits per heavy atom. The van der Waals surface area contributed by atoms with Crippen molar-refractivity contribution >= 4 is 5.69 Å². The number of phenolic OH excluding ortho intramolecular Hbond substituents is 1. The summed E-state index contributed by atoms with van der Waals surface area (Å²) < 4.78 is 5.12. The first-order valence-corrected chi connectivity index (χ1v) is 6.24. The van der Waals surface area contributed by atoms with Crippen LogP contribution in [0, 0.1) is 6.92 Å². The first kappa shape index (κ1) is 13.3. The molecule has 0 aliphatic rings. The van der Waals surface area contributed by atoms with Crippen LogP contribution in [-0.2, 0) is 6.54 Å². The maximum atomic E-state index is 9.58. The van der Waals surface area contributed by atoms with Crippen molar-refractivity contribution in [2.24, 2.45) is 0 Å². The molecule has 0 unspecified atom stereocenters. The molecular weight excluding hydrogens is 238 g/mol. The van der Waals surface area contributed by atoms with Gasteiger partial charge in [0.1, 0.15) is 0 Å². The van der Waals surface area contributed by atoms with Crippen molar-refractivity contribution in [3.05, 3.63) is 53.6 Å². The van der Waals surface area contributed by atoms with Gasteiger partial charge in [-0.3, -0.25) is 0 Å². The summed E-state index contributed by atoms with van der Waals surface area (Å²) in [6, 6.07) is 13.8. The first-order valence-electron chi connectivity index (χ1n) is 6.24. The smallest absolute Gasteiger partial charge is 0.160 e. The van der Waals surface area contributed by atoms with Crippen LogP contribution >= 0.6 is 0 Å². The Kier molecular flexibility index (Phi) is 3.95. The van der Waals surface area contributed by atoms with Crippen molar-refractivity contribution in [1.29, 1.82) is 0 Å². The van der Waals surface area contributed by atoms with E-state index < -0.39 is 0 Å². The highest BCUT2D eigenvalue weighted by atomic mass is 16.5. The molecule has 0 atom stereocenters. The van der Waals surface area contributed by atoms with Crippen LogP contribution in [0.3, 0.4) is 0 Å². The summed E-state index contributed by atoms with van der Waals surface area (Å²) in [7, 11) is 3.61. The Labute approximate surface area is 114 Å². The van der Waals surface area contributed by atoms with Crippen molar-refractivity contribution in [2.45, 2.75) is 13.5 Å². The maximum absolute atomic E-state index is 9.58. The number of aromatic hydroxyl groups is 1. The van der Waals surface area contributed by atoms with Gasteiger partial charge in [0.2, 0.25) is 0 Å². The lowest BCUT2D eigenvalue weighted by Gasteiger charge is -2.20. The van der Waals surface area contributed by atoms with Crippen LogP contribution in [0.2, 0.25) is 0 Å². The van der Waals surface area contributed by atoms with E-state index in [9.17, 15) is 5.11 Å². The summed E-state index contributed by atoms with van der Waals surface area (Å²) >= 11 is 0. The van der Waals surface area contributed by atoms with Gasteiger partial charge in [0.15, 0.2) is 11.5 Å². The zero-order valence-electron chi connectivity index (χ0n) is 11.6. The molecule has 100 valence electrons. The number of benzene rings is 2. The molecule has 0 fully saturated rings. The van der Waals surface area contributed by atoms with Crippen molar-refractivity contribution in [1.82, 2.24) is 0 Å². The van der Waals surface area contributed by atoms with Crippen LogP contribution in [0.15, 0.2) is 42.5 Å². The molecule has 2 rings (SSSR count). The second kappa shape index (κ2) is 5.65. The van der Waals surface area contributed by atoms with E-state index in [1.807, 2.05) is 19.2 Å². The van der Waals surface area contributed by atoms with Crippen molar-refractivity contribution < 1.29 is 9.84 Å². The van der Waals surface area contributed by atoms with Crippen molar-refractivity contribution in [2.75, 3.05) is 19.1 Å². The first-order chi connectivity index (χ1) is 9.10. The van der Waals surface area contributed by atoms with Gasteiger partial charge in [-0.15, -0.1) is 0 Å². The molecule has 0 spiro atoms. The average molecular weight is 257 g/mol. The number of anilines is 1. The molecule has 0 saturated heterocycles. The number of aryl methyl sites for hydroxylation is 1. The summed E-state index contributed by atoms with van der Waals surface area (Å²) in [5, 5.41) is 9.58. The quantitative estimate of drug-likeness (QED) is 0.911. The zero-order valence-corrected chi connectivity index (χ0v) is 11.6. The van der Waals surface area contributed by atoms with E-state index in [1.54, 1.807) is 13.2 Å². The number of methoxy groups -OCH3 is 1. The molecule has 0 aromatic heterocycles. The highest BCUT2D eigenvalue weighted by molar-refractivity contribution is 5.49. The lowest BCUT2D eigenvalue weighted by Crippen LogP contribution is -2.16. The number of phenols is 1. The number of ether oxygens (including phenoxy) is 1. The highest BCUT2D eigenvalue weighted by Gasteiger charge is 2.06. The fourth-order valence-corrected chi connectivity index (χ4v) is 2.05. The SMILES string of the molecule is COc1cc(CN(C)c2cccc(C)c2)ccc1O. The minimum Gasteiger partial charge on any atom is -0.504 e. The van der Waals surface area contributed by atoms with Gasteiger partial charge in [0.25, 0.3) is 0 Å². The van der Waals surface area contributed by atoms with Crippen LogP contribution in [0.4, 0.5) is 5.69 Å². The zero-order chi connectivity index (χ0) is 13.8. The van der Waals surface area contributed by atoms with E-state index in [1.165, 1.54) is 11.3 Å². The van der Waals surface area contributed by atoms with E-state index in [4.69, 9.17) is 4.74 Å². The topological polar surface area (TPSA) is 32.7 Å². The second-order valence-electron chi connectivity index (χ2n) is 4.70. The van der Waals surface area contributed by atoms with E-state index in [2.05, 4.69) is 36.1 Å². The maximum Gasteiger partial charge on any atom is 0.160 e. The predicted molar refractivity (Wildman–Crippen MR) is 77.9 cm³/mol. The van der Waals surface area contributed by atoms with Crippen molar-refractivity contribution in [3.63, 3.8) is 0 Å². The van der Waals surface area contributed by atoms with Crippen LogP contribution in [0.25, 0.3) is 0 Å². The Morgan fingerprint density at radius 1 is 1.16 bits per heavy atom. The number of nitrogens with zero attached hydrogens (tertiary/aromatic N) is 1. The number of rotatable bonds is 4. The third-order valence-electron chi connectivity index (χ3n) is 3.11. The van der Waals surface area contributed by atoms with E-state index in [-0.39, 0.29) is 5.75 Å². The largest absolute Gasteiger partial charge is 0.504 e. The van der Waals surface area contributed by atoms with E-state index in [0.717, 1.165) is 12.1 Å². The van der Waals surface area contributed by atoms with Gasteiger partial charge in [-0.1, -0.05) is 18.2 Å². The minimum atomic E-state index is 0.171. The third-order valence-corrected chi connectivity index (χ3v) is 3.11. The van der Waals surface area contributed by atoms with Gasteiger partial charge in [0.05, 0.1) is 7.11 Å². The molecule has 0 bridgehead atoms. The monoisotopic (exact) mass is 257 g/mol. The lowest BCUT2D eigenvalue weighted by atomic mass is 10.1. The molecule has 0 saturated carbocycles. The fourth-order valence-electron chi connectivity index (χ4n) is 2.05. The molecule has 3 nitrogen and oxygen atoms in total. The molecule has 1 N–H and O–H groups in total. The Bertz CT molecular complexity index is 566. The summed E-state index contributed by atoms with van der Waals surface area (Å²) in [6.45, 7) is 2.85. The van der Waals surface area contributed by atoms with E-state index >= 15 is 0 Å². The molecule has 3 heteroatoms. The Balaban J connectivity index is 2.17. The highest BCUT2D eigenvalue weighted by Crippen LogP contribution is 2.27. The fraction of sp³-hybridized carbons (Fsp3) is 0.250. The third kappa shape index (κ3) is 3.19. The van der Waals surface area contributed by atoms with Crippen LogP contribution < -0.4 is 9.64 Å². The summed E-state index contributed by atoms with van der Waals surface area (Å²) in [6.07, 6.45) is 0. The summed E-state index contributed by atoms with van der Waals surface area (Å²) in [4.78, 5) is 2.17. The molecule has 0 aliphatic heterocycles. The normalized spacial score (nSPS) is 10.3. The van der Waals surface area contributed by atoms with Crippen LogP contribution in [-0.4, -0.2) is 19.3 Å². The molecule has 0 heterocycles. The standard InChI is InChI=1S/C16H19NO2/c1-12-5-4-6-14(9-12)17(2)11-13-7-8-15(18)16(10-13)19-3/h4-10,18H,11H2,1-3H3. The molecule has 0 amide bonds. The van der Waals surface area contributed by atoms with Crippen LogP contribution in [0.5, 0.6) is 11.5 Å². The summed E-state index contributed by atoms with van der Waals surface area (Å²) in [5.41, 5.74) is 3.51. The van der Waals surface area contributed by atoms with Gasteiger partial charge in [-0.2, -0.15) is 0 Å². The number of hydrogen-bond acceptors (Lipinski definition) is 3. The van der Waals surface area contributed by atoms with Gasteiger partial charge in [0, 0.05) is 19.3 Å². The minimum absolute atomic E-state index is 0.171. The predicted octanol–water partition coefficient (Wildman–Crippen LogP) is 3.35. The second-order valence-corrected chi connectivity index (χ2v) is 4.70. The van der Waals surface area contributed by atoms with E-state index in [0.29, 0.717) is 5.75 Å². The molecular formula is C16H19NO2. The van der Waals surface area contributed by atoms with Crippen LogP contribution in [0.1, 0.15) is 11.1 Å². The Morgan fingerprint density at radius 3 is 2.63 bits per heavy atom. The molecule has 0 radical (unpaired) electrons. The molecule has 0 aliphatic carbocycles. The molecule has 2 aromatic rings. The van der Waals surface area contributed by atoms with Gasteiger partial charge < -0.3 is 14.7 Å². The van der Waals surface area contributed by atoms with Crippen molar-refractivity contribution in [3.8, 4) is 11.5 Å². The molecule has 19 heavy (non-hydrogen) atoms. The van der Waals surface area contributed by atoms with Gasteiger partial charge in [-0.25, -0.2) is 0 Å². The summed E-state index contributed by atoms with van der Waals surface area (Å²) in [5.74, 6) is 0.680. The average Bonchev–Trinajstić information content (AvgIpc) is 2.41. The lowest BCUT2D eigenvalue weighted by molar-refractivity contribution is 0.373. The Hall–Kier alpha value is -2.16. The number of hydrogen-bond donors (Lipinski definition) is 1.